The van der Waals surface area contributed by atoms with Gasteiger partial charge in [0.1, 0.15) is 22.7 Å². The van der Waals surface area contributed by atoms with Crippen LogP contribution in [-0.4, -0.2) is 49.2 Å². The van der Waals surface area contributed by atoms with Crippen molar-refractivity contribution in [1.82, 2.24) is 25.1 Å². The zero-order chi connectivity index (χ0) is 25.0. The van der Waals surface area contributed by atoms with Gasteiger partial charge in [-0.05, 0) is 71.4 Å². The number of aromatic nitrogens is 4. The minimum Gasteiger partial charge on any atom is -0.489 e. The van der Waals surface area contributed by atoms with Gasteiger partial charge in [0.15, 0.2) is 0 Å². The number of aryl methyl sites for hydroxylation is 1. The van der Waals surface area contributed by atoms with Gasteiger partial charge < -0.3 is 15.0 Å². The number of hydrogen-bond acceptors (Lipinski definition) is 7. The highest BCUT2D eigenvalue weighted by Gasteiger charge is 2.37. The lowest BCUT2D eigenvalue weighted by molar-refractivity contribution is -0.138. The smallest absolute Gasteiger partial charge is 0.226 e. The molecule has 0 bridgehead atoms. The molecule has 0 unspecified atom stereocenters. The summed E-state index contributed by atoms with van der Waals surface area (Å²) in [4.78, 5) is 27.0. The molecule has 0 radical (unpaired) electrons. The fourth-order valence-corrected chi connectivity index (χ4v) is 7.07. The fraction of sp³-hybridized carbons (Fsp3) is 0.481. The van der Waals surface area contributed by atoms with E-state index in [0.717, 1.165) is 70.5 Å². The van der Waals surface area contributed by atoms with E-state index in [1.165, 1.54) is 10.4 Å². The summed E-state index contributed by atoms with van der Waals surface area (Å²) in [5, 5.41) is 12.8. The Balaban J connectivity index is 1.33. The molecule has 1 aliphatic carbocycles. The van der Waals surface area contributed by atoms with Crippen molar-refractivity contribution in [2.75, 3.05) is 5.32 Å². The Labute approximate surface area is 214 Å². The van der Waals surface area contributed by atoms with Crippen molar-refractivity contribution in [2.24, 2.45) is 5.92 Å². The molecule has 4 heterocycles. The van der Waals surface area contributed by atoms with Gasteiger partial charge in [-0.2, -0.15) is 5.10 Å². The molecule has 2 aliphatic rings. The maximum absolute atomic E-state index is 13.4. The van der Waals surface area contributed by atoms with Crippen LogP contribution in [0.15, 0.2) is 24.7 Å². The Bertz CT molecular complexity index is 1430. The molecule has 6 rings (SSSR count). The van der Waals surface area contributed by atoms with Crippen molar-refractivity contribution in [3.63, 3.8) is 0 Å². The number of rotatable bonds is 5. The van der Waals surface area contributed by atoms with Crippen LogP contribution in [0.3, 0.4) is 0 Å². The molecule has 0 saturated carbocycles. The molecule has 188 valence electrons. The van der Waals surface area contributed by atoms with E-state index >= 15 is 0 Å². The molecule has 3 atom stereocenters. The SMILES string of the molecule is CC(C)Oc1cc2[nH]ncc2cc1Nc1ncnc2sc3c(c12)CC[C@H](C(=O)N1[C@H](C)CC[C@H]1C)C3. The van der Waals surface area contributed by atoms with Crippen LogP contribution < -0.4 is 10.1 Å². The number of ether oxygens (including phenoxy) is 1. The number of carbonyl (C=O) groups is 1. The van der Waals surface area contributed by atoms with Gasteiger partial charge in [0.05, 0.1) is 28.9 Å². The minimum atomic E-state index is 0.0285. The van der Waals surface area contributed by atoms with Crippen molar-refractivity contribution in [3.05, 3.63) is 35.1 Å². The minimum absolute atomic E-state index is 0.0285. The number of fused-ring (bicyclic) bond motifs is 4. The second-order valence-electron chi connectivity index (χ2n) is 10.5. The summed E-state index contributed by atoms with van der Waals surface area (Å²) < 4.78 is 6.11. The number of nitrogens with zero attached hydrogens (tertiary/aromatic N) is 4. The van der Waals surface area contributed by atoms with Crippen LogP contribution in [0, 0.1) is 5.92 Å². The number of likely N-dealkylation sites (tertiary alicyclic amines) is 1. The monoisotopic (exact) mass is 504 g/mol. The molecular weight excluding hydrogens is 472 g/mol. The topological polar surface area (TPSA) is 96.0 Å². The second kappa shape index (κ2) is 9.03. The van der Waals surface area contributed by atoms with Gasteiger partial charge >= 0.3 is 0 Å². The molecule has 1 aliphatic heterocycles. The number of H-pyrrole nitrogens is 1. The first kappa shape index (κ1) is 23.2. The Morgan fingerprint density at radius 3 is 2.78 bits per heavy atom. The van der Waals surface area contributed by atoms with Crippen molar-refractivity contribution < 1.29 is 9.53 Å². The van der Waals surface area contributed by atoms with Crippen LogP contribution in [-0.2, 0) is 17.6 Å². The van der Waals surface area contributed by atoms with Crippen molar-refractivity contribution in [3.8, 4) is 5.75 Å². The van der Waals surface area contributed by atoms with Gasteiger partial charge in [-0.25, -0.2) is 9.97 Å². The molecule has 1 amide bonds. The van der Waals surface area contributed by atoms with Gasteiger partial charge in [-0.3, -0.25) is 9.89 Å². The molecule has 1 fully saturated rings. The van der Waals surface area contributed by atoms with Crippen LogP contribution in [0.5, 0.6) is 5.75 Å². The first-order chi connectivity index (χ1) is 17.4. The Hall–Kier alpha value is -3.20. The fourth-order valence-electron chi connectivity index (χ4n) is 5.80. The molecule has 36 heavy (non-hydrogen) atoms. The summed E-state index contributed by atoms with van der Waals surface area (Å²) in [6.45, 7) is 8.39. The number of benzene rings is 1. The van der Waals surface area contributed by atoms with Gasteiger partial charge in [-0.1, -0.05) is 0 Å². The van der Waals surface area contributed by atoms with Gasteiger partial charge in [-0.15, -0.1) is 11.3 Å². The molecule has 8 nitrogen and oxygen atoms in total. The zero-order valence-electron chi connectivity index (χ0n) is 21.2. The first-order valence-electron chi connectivity index (χ1n) is 12.9. The Morgan fingerprint density at radius 1 is 1.19 bits per heavy atom. The predicted octanol–water partition coefficient (Wildman–Crippen LogP) is 5.60. The van der Waals surface area contributed by atoms with E-state index in [1.807, 2.05) is 26.0 Å². The van der Waals surface area contributed by atoms with E-state index in [0.29, 0.717) is 18.0 Å². The molecule has 4 aromatic rings. The third-order valence-corrected chi connectivity index (χ3v) is 8.72. The highest BCUT2D eigenvalue weighted by molar-refractivity contribution is 7.19. The van der Waals surface area contributed by atoms with Crippen LogP contribution >= 0.6 is 11.3 Å². The average molecular weight is 505 g/mol. The van der Waals surface area contributed by atoms with Crippen molar-refractivity contribution in [2.45, 2.75) is 78.0 Å². The Kier molecular flexibility index (Phi) is 5.82. The highest BCUT2D eigenvalue weighted by atomic mass is 32.1. The summed E-state index contributed by atoms with van der Waals surface area (Å²) in [6.07, 6.45) is 8.17. The number of anilines is 2. The highest BCUT2D eigenvalue weighted by Crippen LogP contribution is 2.42. The first-order valence-corrected chi connectivity index (χ1v) is 13.7. The van der Waals surface area contributed by atoms with E-state index in [4.69, 9.17) is 4.74 Å². The molecule has 0 spiro atoms. The number of carbonyl (C=O) groups excluding carboxylic acids is 1. The average Bonchev–Trinajstić information content (AvgIpc) is 3.54. The quantitative estimate of drug-likeness (QED) is 0.367. The van der Waals surface area contributed by atoms with E-state index in [-0.39, 0.29) is 12.0 Å². The molecule has 1 aromatic carbocycles. The molecule has 9 heteroatoms. The van der Waals surface area contributed by atoms with Crippen LogP contribution in [0.2, 0.25) is 0 Å². The third-order valence-electron chi connectivity index (χ3n) is 7.56. The van der Waals surface area contributed by atoms with E-state index in [2.05, 4.69) is 44.2 Å². The van der Waals surface area contributed by atoms with E-state index < -0.39 is 0 Å². The lowest BCUT2D eigenvalue weighted by Gasteiger charge is -2.32. The summed E-state index contributed by atoms with van der Waals surface area (Å²) >= 11 is 1.70. The third kappa shape index (κ3) is 3.99. The Morgan fingerprint density at radius 2 is 2.00 bits per heavy atom. The van der Waals surface area contributed by atoms with Gasteiger partial charge in [0.25, 0.3) is 0 Å². The number of nitrogens with one attached hydrogen (secondary N) is 2. The number of aromatic amines is 1. The number of thiophene rings is 1. The summed E-state index contributed by atoms with van der Waals surface area (Å²) in [7, 11) is 0. The van der Waals surface area contributed by atoms with Crippen LogP contribution in [0.1, 0.15) is 57.4 Å². The van der Waals surface area contributed by atoms with E-state index in [9.17, 15) is 4.79 Å². The van der Waals surface area contributed by atoms with Crippen LogP contribution in [0.25, 0.3) is 21.1 Å². The second-order valence-corrected chi connectivity index (χ2v) is 11.5. The zero-order valence-corrected chi connectivity index (χ0v) is 22.0. The summed E-state index contributed by atoms with van der Waals surface area (Å²) in [5.74, 6) is 1.90. The lowest BCUT2D eigenvalue weighted by atomic mass is 9.86. The lowest BCUT2D eigenvalue weighted by Crippen LogP contribution is -2.43. The molecular formula is C27H32N6O2S. The molecule has 1 saturated heterocycles. The normalized spacial score (nSPS) is 21.9. The number of amides is 1. The van der Waals surface area contributed by atoms with E-state index in [1.54, 1.807) is 23.9 Å². The van der Waals surface area contributed by atoms with Crippen molar-refractivity contribution in [1.29, 1.82) is 0 Å². The van der Waals surface area contributed by atoms with Gasteiger partial charge in [0, 0.05) is 34.3 Å². The largest absolute Gasteiger partial charge is 0.489 e. The van der Waals surface area contributed by atoms with Gasteiger partial charge in [0.2, 0.25) is 5.91 Å². The predicted molar refractivity (Wildman–Crippen MR) is 143 cm³/mol. The van der Waals surface area contributed by atoms with Crippen molar-refractivity contribution >= 4 is 49.9 Å². The molecule has 3 aromatic heterocycles. The van der Waals surface area contributed by atoms with Crippen LogP contribution in [0.4, 0.5) is 11.5 Å². The maximum atomic E-state index is 13.4. The standard InChI is InChI=1S/C27H32N6O2S/c1-14(2)35-22-11-20-18(12-30-32-20)9-21(22)31-25-24-19-8-7-17(10-23(19)36-26(24)29-13-28-25)27(34)33-15(3)5-6-16(33)4/h9,11-17H,5-8,10H2,1-4H3,(H,30,32)(H,28,29,31)/t15-,16-,17+/m1/s1. The summed E-state index contributed by atoms with van der Waals surface area (Å²) in [6, 6.07) is 4.69. The number of hydrogen-bond donors (Lipinski definition) is 2. The molecule has 2 N–H and O–H groups in total. The summed E-state index contributed by atoms with van der Waals surface area (Å²) in [5.41, 5.74) is 3.05. The maximum Gasteiger partial charge on any atom is 0.226 e.